The predicted molar refractivity (Wildman–Crippen MR) is 81.5 cm³/mol. The van der Waals surface area contributed by atoms with Crippen LogP contribution in [0.3, 0.4) is 0 Å². The molecule has 0 unspecified atom stereocenters. The molecule has 1 heterocycles. The van der Waals surface area contributed by atoms with Crippen molar-refractivity contribution in [3.63, 3.8) is 0 Å². The zero-order valence-corrected chi connectivity index (χ0v) is 12.5. The third kappa shape index (κ3) is 4.45. The number of nitrogens with zero attached hydrogens (tertiary/aromatic N) is 2. The minimum Gasteiger partial charge on any atom is -0.282 e. The molecule has 1 aromatic heterocycles. The first-order valence-electron chi connectivity index (χ1n) is 6.09. The average Bonchev–Trinajstić information content (AvgIpc) is 2.48. The number of halogens is 1. The van der Waals surface area contributed by atoms with Crippen LogP contribution in [0, 0.1) is 11.3 Å². The van der Waals surface area contributed by atoms with E-state index >= 15 is 0 Å². The van der Waals surface area contributed by atoms with E-state index < -0.39 is 10.0 Å². The second-order valence-corrected chi connectivity index (χ2v) is 6.58. The molecule has 21 heavy (non-hydrogen) atoms. The van der Waals surface area contributed by atoms with Gasteiger partial charge in [-0.1, -0.05) is 11.6 Å². The van der Waals surface area contributed by atoms with E-state index in [1.54, 1.807) is 24.5 Å². The number of aryl methyl sites for hydroxylation is 1. The van der Waals surface area contributed by atoms with E-state index in [1.807, 2.05) is 6.07 Å². The highest BCUT2D eigenvalue weighted by Gasteiger charge is 2.13. The number of hydrogen-bond acceptors (Lipinski definition) is 4. The van der Waals surface area contributed by atoms with Crippen molar-refractivity contribution >= 4 is 27.3 Å². The van der Waals surface area contributed by atoms with E-state index in [2.05, 4.69) is 9.71 Å². The molecule has 108 valence electrons. The fourth-order valence-corrected chi connectivity index (χ4v) is 3.09. The maximum atomic E-state index is 12.0. The van der Waals surface area contributed by atoms with E-state index in [0.29, 0.717) is 12.0 Å². The standard InChI is InChI=1S/C14H12ClN3O2S/c15-13-9-12(10-16)1-2-14(13)18-21(19,20)8-5-11-3-6-17-7-4-11/h1-4,6-7,9,18H,5,8H2. The molecular weight excluding hydrogens is 310 g/mol. The van der Waals surface area contributed by atoms with Crippen LogP contribution in [0.1, 0.15) is 11.1 Å². The minimum atomic E-state index is -3.51. The first kappa shape index (κ1) is 15.3. The number of nitrogens with one attached hydrogen (secondary N) is 1. The molecule has 0 aliphatic carbocycles. The second-order valence-electron chi connectivity index (χ2n) is 4.33. The summed E-state index contributed by atoms with van der Waals surface area (Å²) in [4.78, 5) is 3.88. The van der Waals surface area contributed by atoms with Crippen LogP contribution in [-0.2, 0) is 16.4 Å². The molecule has 0 radical (unpaired) electrons. The monoisotopic (exact) mass is 321 g/mol. The molecule has 0 amide bonds. The maximum Gasteiger partial charge on any atom is 0.233 e. The molecule has 0 fully saturated rings. The molecule has 1 aromatic carbocycles. The summed E-state index contributed by atoms with van der Waals surface area (Å²) in [5, 5.41) is 8.94. The normalized spacial score (nSPS) is 10.9. The van der Waals surface area contributed by atoms with Crippen LogP contribution in [0.5, 0.6) is 0 Å². The summed E-state index contributed by atoms with van der Waals surface area (Å²) in [7, 11) is -3.51. The van der Waals surface area contributed by atoms with Crippen molar-refractivity contribution in [2.24, 2.45) is 0 Å². The highest BCUT2D eigenvalue weighted by molar-refractivity contribution is 7.92. The molecular formula is C14H12ClN3O2S. The van der Waals surface area contributed by atoms with Gasteiger partial charge in [0.05, 0.1) is 28.1 Å². The van der Waals surface area contributed by atoms with Gasteiger partial charge in [-0.2, -0.15) is 5.26 Å². The Balaban J connectivity index is 2.06. The highest BCUT2D eigenvalue weighted by atomic mass is 35.5. The topological polar surface area (TPSA) is 82.9 Å². The highest BCUT2D eigenvalue weighted by Crippen LogP contribution is 2.24. The molecule has 0 spiro atoms. The largest absolute Gasteiger partial charge is 0.282 e. The Bertz CT molecular complexity index is 771. The van der Waals surface area contributed by atoms with Gasteiger partial charge in [0.25, 0.3) is 0 Å². The second kappa shape index (κ2) is 6.57. The fourth-order valence-electron chi connectivity index (χ4n) is 1.69. The molecule has 7 heteroatoms. The van der Waals surface area contributed by atoms with Gasteiger partial charge in [-0.25, -0.2) is 8.42 Å². The molecule has 2 aromatic rings. The molecule has 0 aliphatic rings. The number of benzene rings is 1. The first-order valence-corrected chi connectivity index (χ1v) is 8.12. The molecule has 0 saturated carbocycles. The smallest absolute Gasteiger partial charge is 0.233 e. The maximum absolute atomic E-state index is 12.0. The Hall–Kier alpha value is -2.10. The van der Waals surface area contributed by atoms with Crippen LogP contribution in [0.2, 0.25) is 5.02 Å². The molecule has 0 bridgehead atoms. The number of nitriles is 1. The lowest BCUT2D eigenvalue weighted by atomic mass is 10.2. The summed E-state index contributed by atoms with van der Waals surface area (Å²) in [6.45, 7) is 0. The number of hydrogen-bond donors (Lipinski definition) is 1. The summed E-state index contributed by atoms with van der Waals surface area (Å²) in [6, 6.07) is 9.88. The molecule has 2 rings (SSSR count). The Morgan fingerprint density at radius 3 is 2.57 bits per heavy atom. The summed E-state index contributed by atoms with van der Waals surface area (Å²) in [5.74, 6) is -0.0622. The Kier molecular flexibility index (Phi) is 4.78. The molecule has 0 atom stereocenters. The van der Waals surface area contributed by atoms with Crippen molar-refractivity contribution in [2.45, 2.75) is 6.42 Å². The fraction of sp³-hybridized carbons (Fsp3) is 0.143. The predicted octanol–water partition coefficient (Wildman–Crippen LogP) is 2.59. The number of rotatable bonds is 5. The molecule has 1 N–H and O–H groups in total. The summed E-state index contributed by atoms with van der Waals surface area (Å²) in [6.07, 6.45) is 3.62. The summed E-state index contributed by atoms with van der Waals surface area (Å²) < 4.78 is 26.5. The van der Waals surface area contributed by atoms with Crippen LogP contribution in [-0.4, -0.2) is 19.2 Å². The van der Waals surface area contributed by atoms with E-state index in [4.69, 9.17) is 16.9 Å². The van der Waals surface area contributed by atoms with Crippen LogP contribution in [0.25, 0.3) is 0 Å². The van der Waals surface area contributed by atoms with Gasteiger partial charge in [-0.05, 0) is 42.3 Å². The van der Waals surface area contributed by atoms with E-state index in [-0.39, 0.29) is 16.5 Å². The average molecular weight is 322 g/mol. The minimum absolute atomic E-state index is 0.0622. The lowest BCUT2D eigenvalue weighted by Gasteiger charge is -2.09. The van der Waals surface area contributed by atoms with Crippen LogP contribution in [0.4, 0.5) is 5.69 Å². The number of aromatic nitrogens is 1. The van der Waals surface area contributed by atoms with Gasteiger partial charge < -0.3 is 0 Å². The first-order chi connectivity index (χ1) is 10.00. The van der Waals surface area contributed by atoms with Crippen molar-refractivity contribution in [2.75, 3.05) is 10.5 Å². The Morgan fingerprint density at radius 1 is 1.24 bits per heavy atom. The third-order valence-corrected chi connectivity index (χ3v) is 4.36. The quantitative estimate of drug-likeness (QED) is 0.917. The zero-order chi connectivity index (χ0) is 15.3. The lowest BCUT2D eigenvalue weighted by Crippen LogP contribution is -2.18. The van der Waals surface area contributed by atoms with Crippen LogP contribution >= 0.6 is 11.6 Å². The zero-order valence-electron chi connectivity index (χ0n) is 11.0. The Morgan fingerprint density at radius 2 is 1.95 bits per heavy atom. The van der Waals surface area contributed by atoms with Crippen molar-refractivity contribution in [1.29, 1.82) is 5.26 Å². The van der Waals surface area contributed by atoms with Crippen molar-refractivity contribution in [3.8, 4) is 6.07 Å². The Labute approximate surface area is 128 Å². The summed E-state index contributed by atoms with van der Waals surface area (Å²) in [5.41, 5.74) is 1.53. The van der Waals surface area contributed by atoms with Gasteiger partial charge in [-0.3, -0.25) is 9.71 Å². The summed E-state index contributed by atoms with van der Waals surface area (Å²) >= 11 is 5.95. The van der Waals surface area contributed by atoms with Gasteiger partial charge in [0.15, 0.2) is 0 Å². The molecule has 5 nitrogen and oxygen atoms in total. The number of sulfonamides is 1. The van der Waals surface area contributed by atoms with Gasteiger partial charge in [0.2, 0.25) is 10.0 Å². The SMILES string of the molecule is N#Cc1ccc(NS(=O)(=O)CCc2ccncc2)c(Cl)c1. The van der Waals surface area contributed by atoms with Gasteiger partial charge in [-0.15, -0.1) is 0 Å². The van der Waals surface area contributed by atoms with E-state index in [1.165, 1.54) is 18.2 Å². The van der Waals surface area contributed by atoms with Gasteiger partial charge >= 0.3 is 0 Å². The van der Waals surface area contributed by atoms with Crippen LogP contribution < -0.4 is 4.72 Å². The molecule has 0 saturated heterocycles. The molecule has 0 aliphatic heterocycles. The lowest BCUT2D eigenvalue weighted by molar-refractivity contribution is 0.600. The van der Waals surface area contributed by atoms with Crippen LogP contribution in [0.15, 0.2) is 42.7 Å². The van der Waals surface area contributed by atoms with Gasteiger partial charge in [0.1, 0.15) is 0 Å². The van der Waals surface area contributed by atoms with Crippen molar-refractivity contribution < 1.29 is 8.42 Å². The van der Waals surface area contributed by atoms with Crippen molar-refractivity contribution in [1.82, 2.24) is 4.98 Å². The number of anilines is 1. The van der Waals surface area contributed by atoms with E-state index in [0.717, 1.165) is 5.56 Å². The van der Waals surface area contributed by atoms with Gasteiger partial charge in [0, 0.05) is 12.4 Å². The number of pyridine rings is 1. The van der Waals surface area contributed by atoms with Crippen molar-refractivity contribution in [3.05, 3.63) is 58.9 Å². The van der Waals surface area contributed by atoms with E-state index in [9.17, 15) is 8.42 Å². The third-order valence-electron chi connectivity index (χ3n) is 2.77.